The fourth-order valence-corrected chi connectivity index (χ4v) is 6.54. The van der Waals surface area contributed by atoms with Gasteiger partial charge in [0.25, 0.3) is 5.91 Å². The maximum Gasteiger partial charge on any atom is 0.308 e. The number of carboxylic acids is 1. The summed E-state index contributed by atoms with van der Waals surface area (Å²) < 4.78 is 23.7. The third-order valence-corrected chi connectivity index (χ3v) is 8.85. The molecule has 12 heteroatoms. The lowest BCUT2D eigenvalue weighted by molar-refractivity contribution is -0.136. The van der Waals surface area contributed by atoms with Crippen LogP contribution >= 0.6 is 0 Å². The SMILES string of the molecule is CO/N=C1\C(=O)N(CCN(C)C2CCCN(c3c(F)cc4c(=O)c(CC(=O)O)cn(C5CC5)c4c3OC)C2)c2ccccc21. The van der Waals surface area contributed by atoms with Crippen LogP contribution < -0.4 is 20.0 Å². The number of para-hydroxylation sites is 1. The van der Waals surface area contributed by atoms with E-state index in [1.165, 1.54) is 20.3 Å². The Morgan fingerprint density at radius 3 is 2.66 bits per heavy atom. The summed E-state index contributed by atoms with van der Waals surface area (Å²) in [6.45, 7) is 2.18. The van der Waals surface area contributed by atoms with Crippen molar-refractivity contribution < 1.29 is 28.7 Å². The number of aromatic nitrogens is 1. The Hall–Kier alpha value is -4.45. The summed E-state index contributed by atoms with van der Waals surface area (Å²) in [5.74, 6) is -1.60. The predicted octanol–water partition coefficient (Wildman–Crippen LogP) is 3.41. The Bertz CT molecular complexity index is 1720. The van der Waals surface area contributed by atoms with Gasteiger partial charge in [-0.25, -0.2) is 4.39 Å². The minimum Gasteiger partial charge on any atom is -0.492 e. The molecule has 232 valence electrons. The van der Waals surface area contributed by atoms with Gasteiger partial charge in [-0.05, 0) is 44.9 Å². The normalized spacial score (nSPS) is 19.2. The van der Waals surface area contributed by atoms with Crippen molar-refractivity contribution in [3.05, 3.63) is 63.7 Å². The second kappa shape index (κ2) is 11.9. The molecule has 1 aliphatic carbocycles. The molecular weight excluding hydrogens is 569 g/mol. The van der Waals surface area contributed by atoms with Crippen molar-refractivity contribution in [3.8, 4) is 5.75 Å². The van der Waals surface area contributed by atoms with Crippen molar-refractivity contribution in [3.63, 3.8) is 0 Å². The van der Waals surface area contributed by atoms with Gasteiger partial charge in [0.05, 0.1) is 30.1 Å². The number of carbonyl (C=O) groups is 2. The third kappa shape index (κ3) is 5.27. The summed E-state index contributed by atoms with van der Waals surface area (Å²) in [7, 11) is 4.90. The number of carboxylic acid groups (broad SMARTS) is 1. The molecule has 0 spiro atoms. The summed E-state index contributed by atoms with van der Waals surface area (Å²) in [5.41, 5.74) is 2.27. The van der Waals surface area contributed by atoms with Crippen molar-refractivity contribution in [2.24, 2.45) is 5.16 Å². The molecule has 1 saturated heterocycles. The van der Waals surface area contributed by atoms with E-state index in [2.05, 4.69) is 10.1 Å². The van der Waals surface area contributed by atoms with Gasteiger partial charge in [0.2, 0.25) is 0 Å². The summed E-state index contributed by atoms with van der Waals surface area (Å²) in [5, 5.41) is 13.4. The van der Waals surface area contributed by atoms with Gasteiger partial charge in [-0.2, -0.15) is 0 Å². The second-order valence-corrected chi connectivity index (χ2v) is 11.6. The quantitative estimate of drug-likeness (QED) is 0.350. The van der Waals surface area contributed by atoms with Crippen LogP contribution in [0.5, 0.6) is 5.75 Å². The first-order valence-electron chi connectivity index (χ1n) is 14.9. The highest BCUT2D eigenvalue weighted by Crippen LogP contribution is 2.44. The zero-order chi connectivity index (χ0) is 31.1. The number of rotatable bonds is 10. The van der Waals surface area contributed by atoms with Crippen molar-refractivity contribution >= 4 is 39.9 Å². The molecule has 0 bridgehead atoms. The van der Waals surface area contributed by atoms with Gasteiger partial charge in [0.15, 0.2) is 22.7 Å². The molecule has 3 heterocycles. The zero-order valence-corrected chi connectivity index (χ0v) is 25.1. The topological polar surface area (TPSA) is 117 Å². The Morgan fingerprint density at radius 1 is 1.18 bits per heavy atom. The fourth-order valence-electron chi connectivity index (χ4n) is 6.54. The highest BCUT2D eigenvalue weighted by atomic mass is 19.1. The smallest absolute Gasteiger partial charge is 0.308 e. The summed E-state index contributed by atoms with van der Waals surface area (Å²) in [6.07, 6.45) is 4.67. The zero-order valence-electron chi connectivity index (χ0n) is 25.1. The first-order valence-corrected chi connectivity index (χ1v) is 14.9. The minimum atomic E-state index is -1.11. The molecule has 2 fully saturated rings. The van der Waals surface area contributed by atoms with Crippen LogP contribution in [-0.2, 0) is 20.8 Å². The number of halogens is 1. The second-order valence-electron chi connectivity index (χ2n) is 11.6. The number of oxime groups is 1. The van der Waals surface area contributed by atoms with E-state index in [1.54, 1.807) is 11.1 Å². The molecule has 44 heavy (non-hydrogen) atoms. The molecule has 0 radical (unpaired) electrons. The number of aliphatic carboxylic acids is 1. The largest absolute Gasteiger partial charge is 0.492 e. The van der Waals surface area contributed by atoms with Crippen LogP contribution in [0.1, 0.15) is 42.9 Å². The summed E-state index contributed by atoms with van der Waals surface area (Å²) >= 11 is 0. The van der Waals surface area contributed by atoms with Gasteiger partial charge in [-0.3, -0.25) is 19.3 Å². The summed E-state index contributed by atoms with van der Waals surface area (Å²) in [4.78, 5) is 48.7. The monoisotopic (exact) mass is 605 g/mol. The number of hydrogen-bond donors (Lipinski definition) is 1. The maximum atomic E-state index is 16.0. The first-order chi connectivity index (χ1) is 21.2. The number of carbonyl (C=O) groups excluding carboxylic acids is 1. The summed E-state index contributed by atoms with van der Waals surface area (Å²) in [6, 6.07) is 8.92. The predicted molar refractivity (Wildman–Crippen MR) is 165 cm³/mol. The molecule has 6 rings (SSSR count). The first kappa shape index (κ1) is 29.6. The molecule has 1 aromatic heterocycles. The van der Waals surface area contributed by atoms with E-state index in [1.807, 2.05) is 40.8 Å². The lowest BCUT2D eigenvalue weighted by Crippen LogP contribution is -2.49. The van der Waals surface area contributed by atoms with E-state index in [4.69, 9.17) is 9.57 Å². The van der Waals surface area contributed by atoms with E-state index in [9.17, 15) is 19.5 Å². The highest BCUT2D eigenvalue weighted by molar-refractivity contribution is 6.54. The van der Waals surface area contributed by atoms with Gasteiger partial charge >= 0.3 is 5.97 Å². The number of methoxy groups -OCH3 is 1. The standard InChI is InChI=1S/C32H36FN5O6/c1-35(13-14-37-25-9-5-4-8-22(25)27(32(37)42)34-44-3)21-7-6-12-36(18-21)29-24(33)16-23-28(31(29)43-2)38(20-10-11-20)17-19(30(23)41)15-26(39)40/h4-5,8-9,16-17,20-21H,6-7,10-15,18H2,1-3H3,(H,39,40)/b34-27-. The molecule has 1 atom stereocenters. The van der Waals surface area contributed by atoms with Crippen LogP contribution in [0, 0.1) is 5.82 Å². The minimum absolute atomic E-state index is 0.0761. The van der Waals surface area contributed by atoms with Gasteiger partial charge < -0.3 is 29.0 Å². The van der Waals surface area contributed by atoms with Gasteiger partial charge in [-0.1, -0.05) is 23.4 Å². The number of likely N-dealkylation sites (N-methyl/N-ethyl adjacent to an activating group) is 1. The maximum absolute atomic E-state index is 16.0. The number of benzene rings is 2. The molecule has 2 aromatic carbocycles. The van der Waals surface area contributed by atoms with E-state index < -0.39 is 23.6 Å². The van der Waals surface area contributed by atoms with Crippen LogP contribution in [0.15, 0.2) is 46.5 Å². The Balaban J connectivity index is 1.26. The number of anilines is 2. The molecule has 2 aliphatic heterocycles. The van der Waals surface area contributed by atoms with Gasteiger partial charge in [-0.15, -0.1) is 0 Å². The number of fused-ring (bicyclic) bond motifs is 2. The number of ether oxygens (including phenoxy) is 1. The molecule has 1 unspecified atom stereocenters. The van der Waals surface area contributed by atoms with Crippen molar-refractivity contribution in [1.29, 1.82) is 0 Å². The molecule has 1 amide bonds. The van der Waals surface area contributed by atoms with E-state index in [0.29, 0.717) is 43.1 Å². The third-order valence-electron chi connectivity index (χ3n) is 8.85. The lowest BCUT2D eigenvalue weighted by Gasteiger charge is -2.40. The Labute approximate surface area is 254 Å². The Morgan fingerprint density at radius 2 is 1.95 bits per heavy atom. The fraction of sp³-hybridized carbons (Fsp3) is 0.438. The van der Waals surface area contributed by atoms with Crippen LogP contribution in [0.4, 0.5) is 15.8 Å². The van der Waals surface area contributed by atoms with E-state index in [-0.39, 0.29) is 34.7 Å². The van der Waals surface area contributed by atoms with Gasteiger partial charge in [0, 0.05) is 55.6 Å². The molecule has 1 saturated carbocycles. The average molecular weight is 606 g/mol. The van der Waals surface area contributed by atoms with Crippen LogP contribution in [0.2, 0.25) is 0 Å². The molecule has 3 aromatic rings. The molecule has 1 N–H and O–H groups in total. The number of piperidine rings is 1. The molecular formula is C32H36FN5O6. The molecule has 3 aliphatic rings. The lowest BCUT2D eigenvalue weighted by atomic mass is 10.0. The highest BCUT2D eigenvalue weighted by Gasteiger charge is 2.36. The van der Waals surface area contributed by atoms with E-state index in [0.717, 1.165) is 36.9 Å². The number of nitrogens with zero attached hydrogens (tertiary/aromatic N) is 5. The van der Waals surface area contributed by atoms with Crippen molar-refractivity contribution in [1.82, 2.24) is 9.47 Å². The van der Waals surface area contributed by atoms with Crippen molar-refractivity contribution in [2.75, 3.05) is 57.2 Å². The number of pyridine rings is 1. The van der Waals surface area contributed by atoms with Gasteiger partial charge in [0.1, 0.15) is 12.8 Å². The van der Waals surface area contributed by atoms with E-state index >= 15 is 4.39 Å². The van der Waals surface area contributed by atoms with Crippen molar-refractivity contribution in [2.45, 2.75) is 44.2 Å². The number of hydrogen-bond acceptors (Lipinski definition) is 8. The average Bonchev–Trinajstić information content (AvgIpc) is 3.82. The van der Waals surface area contributed by atoms with Crippen LogP contribution in [0.3, 0.4) is 0 Å². The number of amides is 1. The Kier molecular flexibility index (Phi) is 8.02. The molecule has 11 nitrogen and oxygen atoms in total. The van der Waals surface area contributed by atoms with Crippen LogP contribution in [0.25, 0.3) is 10.9 Å². The van der Waals surface area contributed by atoms with Crippen LogP contribution in [-0.4, -0.2) is 85.6 Å².